The summed E-state index contributed by atoms with van der Waals surface area (Å²) in [4.78, 5) is 13.0. The van der Waals surface area contributed by atoms with E-state index in [0.717, 1.165) is 0 Å². The van der Waals surface area contributed by atoms with Crippen LogP contribution < -0.4 is 0 Å². The SMILES string of the molecule is O=CCCCc1noc(C(F)(F)F)n1. The average molecular weight is 208 g/mol. The number of halogens is 3. The van der Waals surface area contributed by atoms with E-state index in [9.17, 15) is 18.0 Å². The number of hydrogen-bond donors (Lipinski definition) is 0. The first-order chi connectivity index (χ1) is 6.54. The van der Waals surface area contributed by atoms with Crippen molar-refractivity contribution in [2.24, 2.45) is 0 Å². The highest BCUT2D eigenvalue weighted by molar-refractivity contribution is 5.49. The number of carbonyl (C=O) groups excluding carboxylic acids is 1. The van der Waals surface area contributed by atoms with E-state index in [2.05, 4.69) is 14.7 Å². The number of carbonyl (C=O) groups is 1. The maximum absolute atomic E-state index is 11.9. The van der Waals surface area contributed by atoms with E-state index < -0.39 is 12.1 Å². The number of aromatic nitrogens is 2. The number of hydrogen-bond acceptors (Lipinski definition) is 4. The minimum Gasteiger partial charge on any atom is -0.329 e. The second kappa shape index (κ2) is 4.21. The van der Waals surface area contributed by atoms with Crippen LogP contribution in [0.25, 0.3) is 0 Å². The largest absolute Gasteiger partial charge is 0.471 e. The topological polar surface area (TPSA) is 56.0 Å². The Labute approximate surface area is 77.1 Å². The molecule has 1 aromatic rings. The summed E-state index contributed by atoms with van der Waals surface area (Å²) in [6, 6.07) is 0. The molecule has 0 N–H and O–H groups in total. The number of rotatable bonds is 4. The van der Waals surface area contributed by atoms with E-state index in [1.165, 1.54) is 0 Å². The Balaban J connectivity index is 2.55. The van der Waals surface area contributed by atoms with Gasteiger partial charge in [0.25, 0.3) is 0 Å². The van der Waals surface area contributed by atoms with Crippen molar-refractivity contribution in [2.45, 2.75) is 25.4 Å². The van der Waals surface area contributed by atoms with Crippen LogP contribution in [-0.4, -0.2) is 16.4 Å². The van der Waals surface area contributed by atoms with Crippen LogP contribution in [0.2, 0.25) is 0 Å². The summed E-state index contributed by atoms with van der Waals surface area (Å²) in [5.74, 6) is -1.38. The molecule has 1 rings (SSSR count). The van der Waals surface area contributed by atoms with Gasteiger partial charge in [-0.25, -0.2) is 0 Å². The Bertz CT molecular complexity index is 308. The minimum atomic E-state index is -4.60. The summed E-state index contributed by atoms with van der Waals surface area (Å²) in [6.07, 6.45) is -3.02. The molecule has 0 bridgehead atoms. The van der Waals surface area contributed by atoms with Crippen molar-refractivity contribution in [2.75, 3.05) is 0 Å². The maximum atomic E-state index is 11.9. The molecule has 1 heterocycles. The molecule has 4 nitrogen and oxygen atoms in total. The number of alkyl halides is 3. The molecule has 7 heteroatoms. The van der Waals surface area contributed by atoms with E-state index in [1.54, 1.807) is 0 Å². The predicted octanol–water partition coefficient (Wildman–Crippen LogP) is 1.61. The molecule has 0 aliphatic carbocycles. The Hall–Kier alpha value is -1.40. The third kappa shape index (κ3) is 2.82. The zero-order chi connectivity index (χ0) is 10.6. The molecular weight excluding hydrogens is 201 g/mol. The van der Waals surface area contributed by atoms with Crippen LogP contribution in [0.5, 0.6) is 0 Å². The van der Waals surface area contributed by atoms with Gasteiger partial charge in [-0.2, -0.15) is 18.2 Å². The van der Waals surface area contributed by atoms with Crippen molar-refractivity contribution in [3.8, 4) is 0 Å². The minimum absolute atomic E-state index is 0.0285. The van der Waals surface area contributed by atoms with Gasteiger partial charge in [-0.1, -0.05) is 5.16 Å². The first kappa shape index (κ1) is 10.7. The molecule has 0 atom stereocenters. The van der Waals surface area contributed by atoms with Crippen LogP contribution in [0.3, 0.4) is 0 Å². The van der Waals surface area contributed by atoms with Crippen molar-refractivity contribution in [3.05, 3.63) is 11.7 Å². The molecule has 0 aromatic carbocycles. The Morgan fingerprint density at radius 3 is 2.64 bits per heavy atom. The Kier molecular flexibility index (Phi) is 3.21. The van der Waals surface area contributed by atoms with Crippen LogP contribution in [0.4, 0.5) is 13.2 Å². The van der Waals surface area contributed by atoms with Crippen molar-refractivity contribution in [3.63, 3.8) is 0 Å². The third-order valence-electron chi connectivity index (χ3n) is 1.43. The number of aryl methyl sites for hydroxylation is 1. The van der Waals surface area contributed by atoms with Crippen molar-refractivity contribution < 1.29 is 22.5 Å². The summed E-state index contributed by atoms with van der Waals surface area (Å²) < 4.78 is 39.8. The number of aldehydes is 1. The molecule has 78 valence electrons. The van der Waals surface area contributed by atoms with Crippen LogP contribution in [0.15, 0.2) is 4.52 Å². The molecule has 0 unspecified atom stereocenters. The summed E-state index contributed by atoms with van der Waals surface area (Å²) in [5.41, 5.74) is 0. The fraction of sp³-hybridized carbons (Fsp3) is 0.571. The molecule has 0 aliphatic heterocycles. The van der Waals surface area contributed by atoms with Gasteiger partial charge in [0, 0.05) is 12.8 Å². The third-order valence-corrected chi connectivity index (χ3v) is 1.43. The van der Waals surface area contributed by atoms with E-state index in [0.29, 0.717) is 12.7 Å². The zero-order valence-corrected chi connectivity index (χ0v) is 7.04. The van der Waals surface area contributed by atoms with Gasteiger partial charge in [0.15, 0.2) is 5.82 Å². The normalized spacial score (nSPS) is 11.6. The molecule has 0 amide bonds. The van der Waals surface area contributed by atoms with E-state index >= 15 is 0 Å². The summed E-state index contributed by atoms with van der Waals surface area (Å²) in [5, 5.41) is 3.13. The number of nitrogens with zero attached hydrogens (tertiary/aromatic N) is 2. The molecule has 0 saturated heterocycles. The average Bonchev–Trinajstić information content (AvgIpc) is 2.52. The van der Waals surface area contributed by atoms with Gasteiger partial charge in [0.05, 0.1) is 0 Å². The van der Waals surface area contributed by atoms with Crippen LogP contribution in [0, 0.1) is 0 Å². The summed E-state index contributed by atoms with van der Waals surface area (Å²) in [6.45, 7) is 0. The lowest BCUT2D eigenvalue weighted by molar-refractivity contribution is -0.159. The fourth-order valence-electron chi connectivity index (χ4n) is 0.814. The smallest absolute Gasteiger partial charge is 0.329 e. The molecule has 0 spiro atoms. The standard InChI is InChI=1S/C7H7F3N2O2/c8-7(9,10)6-11-5(12-14-6)3-1-2-4-13/h4H,1-3H2. The van der Waals surface area contributed by atoms with Crippen LogP contribution in [-0.2, 0) is 17.4 Å². The van der Waals surface area contributed by atoms with Gasteiger partial charge in [-0.15, -0.1) is 0 Å². The highest BCUT2D eigenvalue weighted by Crippen LogP contribution is 2.27. The zero-order valence-electron chi connectivity index (χ0n) is 7.04. The van der Waals surface area contributed by atoms with Gasteiger partial charge in [-0.3, -0.25) is 0 Å². The maximum Gasteiger partial charge on any atom is 0.471 e. The highest BCUT2D eigenvalue weighted by atomic mass is 19.4. The molecule has 0 fully saturated rings. The molecule has 0 radical (unpaired) electrons. The second-order valence-electron chi connectivity index (χ2n) is 2.57. The molecule has 14 heavy (non-hydrogen) atoms. The van der Waals surface area contributed by atoms with Crippen molar-refractivity contribution >= 4 is 6.29 Å². The highest BCUT2D eigenvalue weighted by Gasteiger charge is 2.38. The molecule has 0 aliphatic rings. The second-order valence-corrected chi connectivity index (χ2v) is 2.57. The summed E-state index contributed by atoms with van der Waals surface area (Å²) in [7, 11) is 0. The fourth-order valence-corrected chi connectivity index (χ4v) is 0.814. The predicted molar refractivity (Wildman–Crippen MR) is 38.3 cm³/mol. The van der Waals surface area contributed by atoms with Gasteiger partial charge in [-0.05, 0) is 6.42 Å². The van der Waals surface area contributed by atoms with Gasteiger partial charge in [0.2, 0.25) is 0 Å². The molecule has 0 saturated carbocycles. The first-order valence-electron chi connectivity index (χ1n) is 3.87. The van der Waals surface area contributed by atoms with E-state index in [4.69, 9.17) is 0 Å². The van der Waals surface area contributed by atoms with Crippen LogP contribution in [0.1, 0.15) is 24.6 Å². The lowest BCUT2D eigenvalue weighted by atomic mass is 10.2. The lowest BCUT2D eigenvalue weighted by Crippen LogP contribution is -2.05. The number of unbranched alkanes of at least 4 members (excludes halogenated alkanes) is 1. The van der Waals surface area contributed by atoms with Gasteiger partial charge in [0.1, 0.15) is 6.29 Å². The van der Waals surface area contributed by atoms with Gasteiger partial charge < -0.3 is 9.32 Å². The van der Waals surface area contributed by atoms with Crippen LogP contribution >= 0.6 is 0 Å². The quantitative estimate of drug-likeness (QED) is 0.557. The first-order valence-corrected chi connectivity index (χ1v) is 3.87. The Morgan fingerprint density at radius 1 is 1.43 bits per heavy atom. The summed E-state index contributed by atoms with van der Waals surface area (Å²) >= 11 is 0. The van der Waals surface area contributed by atoms with Crippen molar-refractivity contribution in [1.82, 2.24) is 10.1 Å². The molecule has 1 aromatic heterocycles. The van der Waals surface area contributed by atoms with E-state index in [-0.39, 0.29) is 18.7 Å². The van der Waals surface area contributed by atoms with Gasteiger partial charge >= 0.3 is 12.1 Å². The lowest BCUT2D eigenvalue weighted by Gasteiger charge is -1.95. The Morgan fingerprint density at radius 2 is 2.14 bits per heavy atom. The molecular formula is C7H7F3N2O2. The van der Waals surface area contributed by atoms with Crippen molar-refractivity contribution in [1.29, 1.82) is 0 Å². The van der Waals surface area contributed by atoms with E-state index in [1.807, 2.05) is 0 Å². The monoisotopic (exact) mass is 208 g/mol.